The Morgan fingerprint density at radius 1 is 0.974 bits per heavy atom. The van der Waals surface area contributed by atoms with Crippen LogP contribution < -0.4 is 5.32 Å². The van der Waals surface area contributed by atoms with Gasteiger partial charge in [0.1, 0.15) is 6.54 Å². The molecular weight excluding hydrogens is 515 g/mol. The minimum absolute atomic E-state index is 0.142. The number of amides is 3. The van der Waals surface area contributed by atoms with E-state index in [0.29, 0.717) is 32.7 Å². The van der Waals surface area contributed by atoms with Crippen LogP contribution in [0, 0.1) is 6.92 Å². The molecule has 0 spiro atoms. The Morgan fingerprint density at radius 2 is 1.68 bits per heavy atom. The van der Waals surface area contributed by atoms with Gasteiger partial charge in [-0.25, -0.2) is 4.79 Å². The van der Waals surface area contributed by atoms with E-state index in [0.717, 1.165) is 22.1 Å². The fourth-order valence-electron chi connectivity index (χ4n) is 3.83. The molecule has 0 unspecified atom stereocenters. The predicted molar refractivity (Wildman–Crippen MR) is 143 cm³/mol. The lowest BCUT2D eigenvalue weighted by molar-refractivity contribution is -0.137. The van der Waals surface area contributed by atoms with E-state index in [-0.39, 0.29) is 24.7 Å². The van der Waals surface area contributed by atoms with Gasteiger partial charge in [-0.05, 0) is 55.0 Å². The maximum absolute atomic E-state index is 13.6. The summed E-state index contributed by atoms with van der Waals surface area (Å²) in [5, 5.41) is 4.32. The summed E-state index contributed by atoms with van der Waals surface area (Å²) in [6.45, 7) is 5.22. The van der Waals surface area contributed by atoms with E-state index in [1.54, 1.807) is 16.2 Å². The van der Waals surface area contributed by atoms with Crippen LogP contribution in [0.2, 0.25) is 0 Å². The molecule has 0 bridgehead atoms. The summed E-state index contributed by atoms with van der Waals surface area (Å²) < 4.78 is 45.8. The molecule has 38 heavy (non-hydrogen) atoms. The number of benzene rings is 2. The lowest BCUT2D eigenvalue weighted by Crippen LogP contribution is -2.44. The van der Waals surface area contributed by atoms with Crippen LogP contribution in [-0.4, -0.2) is 48.0 Å². The highest BCUT2D eigenvalue weighted by Crippen LogP contribution is 2.34. The van der Waals surface area contributed by atoms with Crippen molar-refractivity contribution in [1.29, 1.82) is 0 Å². The number of carbonyl (C=O) groups excluding carboxylic acids is 2. The van der Waals surface area contributed by atoms with Crippen molar-refractivity contribution < 1.29 is 27.5 Å². The highest BCUT2D eigenvalue weighted by atomic mass is 32.1. The Labute approximate surface area is 225 Å². The number of halogens is 3. The average molecular weight is 548 g/mol. The number of nitrogens with zero attached hydrogens (tertiary/aromatic N) is 2. The Bertz CT molecular complexity index is 1180. The summed E-state index contributed by atoms with van der Waals surface area (Å²) >= 11 is 1.55. The molecule has 0 aliphatic rings. The lowest BCUT2D eigenvalue weighted by atomic mass is 10.1. The van der Waals surface area contributed by atoms with Gasteiger partial charge in [0.25, 0.3) is 0 Å². The number of para-hydroxylation sites is 1. The first-order valence-corrected chi connectivity index (χ1v) is 13.2. The van der Waals surface area contributed by atoms with Gasteiger partial charge in [-0.15, -0.1) is 11.3 Å². The van der Waals surface area contributed by atoms with Crippen LogP contribution in [0.1, 0.15) is 34.9 Å². The van der Waals surface area contributed by atoms with Gasteiger partial charge >= 0.3 is 12.2 Å². The second-order valence-electron chi connectivity index (χ2n) is 8.71. The molecule has 0 saturated heterocycles. The van der Waals surface area contributed by atoms with Crippen molar-refractivity contribution in [3.63, 3.8) is 0 Å². The number of aryl methyl sites for hydroxylation is 1. The number of rotatable bonds is 12. The molecule has 6 nitrogen and oxygen atoms in total. The number of nitrogens with one attached hydrogen (secondary N) is 1. The molecule has 10 heteroatoms. The van der Waals surface area contributed by atoms with Gasteiger partial charge in [0.05, 0.1) is 17.8 Å². The van der Waals surface area contributed by atoms with Crippen LogP contribution in [0.4, 0.5) is 23.7 Å². The molecule has 0 aliphatic carbocycles. The summed E-state index contributed by atoms with van der Waals surface area (Å²) in [5.41, 5.74) is 0.688. The Balaban J connectivity index is 1.81. The van der Waals surface area contributed by atoms with Gasteiger partial charge < -0.3 is 19.9 Å². The molecular formula is C28H32F3N3O3S. The maximum atomic E-state index is 13.6. The number of alkyl halides is 3. The molecule has 0 atom stereocenters. The number of hydrogen-bond acceptors (Lipinski definition) is 4. The van der Waals surface area contributed by atoms with E-state index in [1.807, 2.05) is 55.6 Å². The maximum Gasteiger partial charge on any atom is 0.418 e. The zero-order valence-corrected chi connectivity index (χ0v) is 22.3. The fourth-order valence-corrected chi connectivity index (χ4v) is 4.75. The summed E-state index contributed by atoms with van der Waals surface area (Å²) in [6, 6.07) is 15.5. The lowest BCUT2D eigenvalue weighted by Gasteiger charge is -2.28. The Hall–Kier alpha value is -3.37. The normalized spacial score (nSPS) is 11.3. The minimum atomic E-state index is -4.63. The second-order valence-corrected chi connectivity index (χ2v) is 9.71. The third-order valence-corrected chi connectivity index (χ3v) is 6.89. The number of hydrogen-bond donors (Lipinski definition) is 1. The summed E-state index contributed by atoms with van der Waals surface area (Å²) in [6.07, 6.45) is -4.21. The quantitative estimate of drug-likeness (QED) is 0.261. The second kappa shape index (κ2) is 14.0. The Morgan fingerprint density at radius 3 is 2.34 bits per heavy atom. The Kier molecular flexibility index (Phi) is 10.7. The first-order valence-electron chi connectivity index (χ1n) is 12.3. The number of thiophene rings is 1. The molecule has 2 aromatic carbocycles. The third-order valence-electron chi connectivity index (χ3n) is 5.88. The fraction of sp³-hybridized carbons (Fsp3) is 0.357. The molecule has 1 N–H and O–H groups in total. The van der Waals surface area contributed by atoms with Crippen molar-refractivity contribution in [1.82, 2.24) is 9.80 Å². The van der Waals surface area contributed by atoms with Crippen molar-refractivity contribution in [3.8, 4) is 0 Å². The van der Waals surface area contributed by atoms with E-state index in [1.165, 1.54) is 23.1 Å². The van der Waals surface area contributed by atoms with Crippen molar-refractivity contribution in [2.45, 2.75) is 39.5 Å². The van der Waals surface area contributed by atoms with Gasteiger partial charge in [0, 0.05) is 31.2 Å². The molecule has 0 fully saturated rings. The van der Waals surface area contributed by atoms with E-state index in [9.17, 15) is 22.8 Å². The highest BCUT2D eigenvalue weighted by molar-refractivity contribution is 7.10. The summed E-state index contributed by atoms with van der Waals surface area (Å²) in [7, 11) is 0. The predicted octanol–water partition coefficient (Wildman–Crippen LogP) is 6.56. The number of anilines is 1. The molecule has 0 saturated carbocycles. The topological polar surface area (TPSA) is 61.9 Å². The molecule has 204 valence electrons. The average Bonchev–Trinajstić information content (AvgIpc) is 3.29. The summed E-state index contributed by atoms with van der Waals surface area (Å²) in [4.78, 5) is 30.7. The number of carbonyl (C=O) groups is 2. The first-order chi connectivity index (χ1) is 18.2. The largest absolute Gasteiger partial charge is 0.418 e. The van der Waals surface area contributed by atoms with Crippen LogP contribution in [0.25, 0.3) is 0 Å². The van der Waals surface area contributed by atoms with E-state index in [4.69, 9.17) is 4.74 Å². The van der Waals surface area contributed by atoms with Crippen LogP contribution in [0.15, 0.2) is 66.0 Å². The standard InChI is InChI=1S/C28H32F3N3O3S/c1-3-37-16-9-15-33(27(36)32-24-13-8-7-12-23(24)28(29,30)31)20-26(35)34(18-22-10-5-4-6-11-22)19-25-21(2)14-17-38-25/h4-8,10-14,17H,3,9,15-16,18-20H2,1-2H3,(H,32,36). The van der Waals surface area contributed by atoms with Crippen molar-refractivity contribution in [3.05, 3.63) is 87.6 Å². The monoisotopic (exact) mass is 547 g/mol. The van der Waals surface area contributed by atoms with Crippen LogP contribution in [-0.2, 0) is 28.8 Å². The van der Waals surface area contributed by atoms with Gasteiger partial charge in [-0.3, -0.25) is 4.79 Å². The summed E-state index contributed by atoms with van der Waals surface area (Å²) in [5.74, 6) is -0.308. The molecule has 1 aromatic heterocycles. The molecule has 3 amide bonds. The molecule has 1 heterocycles. The van der Waals surface area contributed by atoms with Gasteiger partial charge in [-0.2, -0.15) is 13.2 Å². The van der Waals surface area contributed by atoms with Crippen molar-refractivity contribution in [2.24, 2.45) is 0 Å². The minimum Gasteiger partial charge on any atom is -0.382 e. The number of ether oxygens (including phenoxy) is 1. The van der Waals surface area contributed by atoms with Gasteiger partial charge in [0.2, 0.25) is 5.91 Å². The molecule has 0 radical (unpaired) electrons. The van der Waals surface area contributed by atoms with E-state index < -0.39 is 17.8 Å². The smallest absolute Gasteiger partial charge is 0.382 e. The van der Waals surface area contributed by atoms with Crippen LogP contribution in [0.3, 0.4) is 0 Å². The third kappa shape index (κ3) is 8.59. The molecule has 0 aliphatic heterocycles. The van der Waals surface area contributed by atoms with Gasteiger partial charge in [-0.1, -0.05) is 42.5 Å². The number of urea groups is 1. The zero-order valence-electron chi connectivity index (χ0n) is 21.5. The highest BCUT2D eigenvalue weighted by Gasteiger charge is 2.34. The molecule has 3 rings (SSSR count). The van der Waals surface area contributed by atoms with Crippen LogP contribution in [0.5, 0.6) is 0 Å². The van der Waals surface area contributed by atoms with Crippen molar-refractivity contribution >= 4 is 29.0 Å². The van der Waals surface area contributed by atoms with E-state index in [2.05, 4.69) is 5.32 Å². The van der Waals surface area contributed by atoms with Crippen molar-refractivity contribution in [2.75, 3.05) is 31.6 Å². The molecule has 3 aromatic rings. The van der Waals surface area contributed by atoms with Crippen LogP contribution >= 0.6 is 11.3 Å². The SMILES string of the molecule is CCOCCCN(CC(=O)N(Cc1ccccc1)Cc1sccc1C)C(=O)Nc1ccccc1C(F)(F)F. The zero-order chi connectivity index (χ0) is 27.5. The van der Waals surface area contributed by atoms with E-state index >= 15 is 0 Å². The van der Waals surface area contributed by atoms with Gasteiger partial charge in [0.15, 0.2) is 0 Å². The first kappa shape index (κ1) is 29.2.